The van der Waals surface area contributed by atoms with E-state index in [9.17, 15) is 28.8 Å². The third-order valence-corrected chi connectivity index (χ3v) is 6.29. The molecule has 6 amide bonds. The molecule has 2 rings (SSSR count). The SMILES string of the molecule is CNC(=O)OCc1ccc(NC(=O)[C@@H](C)NC(=O)[C@H](NC(=O)CCCCCN2C(=O)C=C(C)C2=O)C(C)C)cc1. The van der Waals surface area contributed by atoms with Gasteiger partial charge in [0, 0.05) is 37.3 Å². The molecule has 0 fully saturated rings. The van der Waals surface area contributed by atoms with Crippen molar-refractivity contribution >= 4 is 41.3 Å². The second-order valence-electron chi connectivity index (χ2n) is 9.96. The molecular formula is C28H39N5O7. The number of nitrogens with one attached hydrogen (secondary N) is 4. The van der Waals surface area contributed by atoms with E-state index < -0.39 is 30.0 Å². The zero-order valence-corrected chi connectivity index (χ0v) is 23.7. The maximum Gasteiger partial charge on any atom is 0.407 e. The van der Waals surface area contributed by atoms with Gasteiger partial charge in [0.25, 0.3) is 11.8 Å². The van der Waals surface area contributed by atoms with Gasteiger partial charge in [-0.1, -0.05) is 32.4 Å². The maximum atomic E-state index is 12.9. The van der Waals surface area contributed by atoms with Crippen molar-refractivity contribution in [2.75, 3.05) is 18.9 Å². The van der Waals surface area contributed by atoms with Crippen molar-refractivity contribution in [2.45, 2.75) is 72.1 Å². The molecule has 0 radical (unpaired) electrons. The number of anilines is 1. The van der Waals surface area contributed by atoms with Crippen molar-refractivity contribution < 1.29 is 33.5 Å². The van der Waals surface area contributed by atoms with Crippen LogP contribution in [0.5, 0.6) is 0 Å². The Morgan fingerprint density at radius 2 is 1.60 bits per heavy atom. The lowest BCUT2D eigenvalue weighted by Gasteiger charge is -2.24. The van der Waals surface area contributed by atoms with E-state index in [-0.39, 0.29) is 36.7 Å². The van der Waals surface area contributed by atoms with Gasteiger partial charge in [0.05, 0.1) is 0 Å². The summed E-state index contributed by atoms with van der Waals surface area (Å²) in [5, 5.41) is 10.5. The van der Waals surface area contributed by atoms with Gasteiger partial charge in [-0.3, -0.25) is 28.9 Å². The van der Waals surface area contributed by atoms with Crippen LogP contribution in [0.15, 0.2) is 35.9 Å². The van der Waals surface area contributed by atoms with E-state index in [4.69, 9.17) is 4.74 Å². The molecule has 218 valence electrons. The Labute approximate surface area is 234 Å². The summed E-state index contributed by atoms with van der Waals surface area (Å²) in [5.41, 5.74) is 1.67. The number of hydrogen-bond acceptors (Lipinski definition) is 7. The van der Waals surface area contributed by atoms with Gasteiger partial charge in [0.15, 0.2) is 0 Å². The molecule has 1 aromatic carbocycles. The number of nitrogens with zero attached hydrogens (tertiary/aromatic N) is 1. The Bertz CT molecular complexity index is 1130. The van der Waals surface area contributed by atoms with Crippen molar-refractivity contribution in [3.8, 4) is 0 Å². The molecule has 1 aliphatic heterocycles. The zero-order chi connectivity index (χ0) is 29.8. The second-order valence-corrected chi connectivity index (χ2v) is 9.96. The van der Waals surface area contributed by atoms with Gasteiger partial charge < -0.3 is 26.0 Å². The van der Waals surface area contributed by atoms with E-state index in [1.807, 2.05) is 0 Å². The predicted octanol–water partition coefficient (Wildman–Crippen LogP) is 2.00. The van der Waals surface area contributed by atoms with E-state index in [2.05, 4.69) is 21.3 Å². The molecule has 12 nitrogen and oxygen atoms in total. The second kappa shape index (κ2) is 15.4. The van der Waals surface area contributed by atoms with Crippen LogP contribution in [0.1, 0.15) is 58.9 Å². The van der Waals surface area contributed by atoms with E-state index in [1.165, 1.54) is 18.0 Å². The predicted molar refractivity (Wildman–Crippen MR) is 148 cm³/mol. The van der Waals surface area contributed by atoms with Crippen molar-refractivity contribution in [1.82, 2.24) is 20.9 Å². The number of carbonyl (C=O) groups is 6. The minimum Gasteiger partial charge on any atom is -0.445 e. The lowest BCUT2D eigenvalue weighted by Crippen LogP contribution is -2.53. The summed E-state index contributed by atoms with van der Waals surface area (Å²) in [6, 6.07) is 5.04. The van der Waals surface area contributed by atoms with Crippen LogP contribution in [0.4, 0.5) is 10.5 Å². The van der Waals surface area contributed by atoms with E-state index in [0.717, 1.165) is 5.56 Å². The molecule has 40 heavy (non-hydrogen) atoms. The molecular weight excluding hydrogens is 518 g/mol. The van der Waals surface area contributed by atoms with Gasteiger partial charge in [-0.25, -0.2) is 4.79 Å². The number of ether oxygens (including phenoxy) is 1. The Hall–Kier alpha value is -4.22. The van der Waals surface area contributed by atoms with E-state index in [1.54, 1.807) is 52.0 Å². The first-order chi connectivity index (χ1) is 18.9. The summed E-state index contributed by atoms with van der Waals surface area (Å²) in [4.78, 5) is 74.0. The number of rotatable bonds is 14. The first kappa shape index (κ1) is 32.0. The Balaban J connectivity index is 1.75. The molecule has 0 bridgehead atoms. The van der Waals surface area contributed by atoms with Crippen LogP contribution in [0.3, 0.4) is 0 Å². The summed E-state index contributed by atoms with van der Waals surface area (Å²) >= 11 is 0. The average molecular weight is 558 g/mol. The minimum atomic E-state index is -0.865. The highest BCUT2D eigenvalue weighted by atomic mass is 16.5. The molecule has 0 aromatic heterocycles. The summed E-state index contributed by atoms with van der Waals surface area (Å²) in [6.45, 7) is 7.13. The molecule has 0 unspecified atom stereocenters. The van der Waals surface area contributed by atoms with Crippen LogP contribution in [0.2, 0.25) is 0 Å². The normalized spacial score (nSPS) is 14.3. The fourth-order valence-corrected chi connectivity index (χ4v) is 3.89. The number of amides is 6. The van der Waals surface area contributed by atoms with Gasteiger partial charge in [-0.2, -0.15) is 0 Å². The standard InChI is InChI=1S/C28H39N5O7/c1-17(2)24(32-22(34)9-7-6-8-14-33-23(35)15-18(3)27(33)38)26(37)30-19(4)25(36)31-21-12-10-20(11-13-21)16-40-28(39)29-5/h10-13,15,17,19,24H,6-9,14,16H2,1-5H3,(H,29,39)(H,30,37)(H,31,36)(H,32,34)/t19-,24-/m1/s1. The van der Waals surface area contributed by atoms with Crippen molar-refractivity contribution in [3.63, 3.8) is 0 Å². The first-order valence-corrected chi connectivity index (χ1v) is 13.3. The number of alkyl carbamates (subject to hydrolysis) is 1. The first-order valence-electron chi connectivity index (χ1n) is 13.3. The monoisotopic (exact) mass is 557 g/mol. The van der Waals surface area contributed by atoms with Crippen LogP contribution < -0.4 is 21.3 Å². The number of carbonyl (C=O) groups excluding carboxylic acids is 6. The Morgan fingerprint density at radius 1 is 0.925 bits per heavy atom. The van der Waals surface area contributed by atoms with Crippen LogP contribution in [0, 0.1) is 5.92 Å². The van der Waals surface area contributed by atoms with Crippen LogP contribution in [-0.2, 0) is 35.3 Å². The lowest BCUT2D eigenvalue weighted by molar-refractivity contribution is -0.137. The highest BCUT2D eigenvalue weighted by Gasteiger charge is 2.28. The Kier molecular flexibility index (Phi) is 12.3. The topological polar surface area (TPSA) is 163 Å². The van der Waals surface area contributed by atoms with Gasteiger partial charge in [-0.05, 0) is 50.3 Å². The fraction of sp³-hybridized carbons (Fsp3) is 0.500. The number of imide groups is 1. The van der Waals surface area contributed by atoms with Crippen LogP contribution >= 0.6 is 0 Å². The highest BCUT2D eigenvalue weighted by Crippen LogP contribution is 2.14. The van der Waals surface area contributed by atoms with Crippen molar-refractivity contribution in [2.24, 2.45) is 5.92 Å². The van der Waals surface area contributed by atoms with E-state index >= 15 is 0 Å². The molecule has 0 spiro atoms. The highest BCUT2D eigenvalue weighted by molar-refractivity contribution is 6.15. The van der Waals surface area contributed by atoms with Crippen molar-refractivity contribution in [1.29, 1.82) is 0 Å². The molecule has 0 saturated heterocycles. The largest absolute Gasteiger partial charge is 0.445 e. The summed E-state index contributed by atoms with van der Waals surface area (Å²) in [6.07, 6.45) is 2.73. The van der Waals surface area contributed by atoms with Crippen LogP contribution in [-0.4, -0.2) is 66.2 Å². The van der Waals surface area contributed by atoms with Crippen molar-refractivity contribution in [3.05, 3.63) is 41.5 Å². The smallest absolute Gasteiger partial charge is 0.407 e. The molecule has 1 aromatic rings. The molecule has 0 saturated carbocycles. The molecule has 2 atom stereocenters. The maximum absolute atomic E-state index is 12.9. The molecule has 12 heteroatoms. The molecule has 1 heterocycles. The molecule has 4 N–H and O–H groups in total. The third kappa shape index (κ3) is 9.83. The number of benzene rings is 1. The van der Waals surface area contributed by atoms with Crippen LogP contribution in [0.25, 0.3) is 0 Å². The van der Waals surface area contributed by atoms with Gasteiger partial charge in [0.1, 0.15) is 18.7 Å². The summed E-state index contributed by atoms with van der Waals surface area (Å²) < 4.78 is 4.97. The van der Waals surface area contributed by atoms with Gasteiger partial charge in [0.2, 0.25) is 17.7 Å². The zero-order valence-electron chi connectivity index (χ0n) is 23.7. The lowest BCUT2D eigenvalue weighted by atomic mass is 10.0. The summed E-state index contributed by atoms with van der Waals surface area (Å²) in [5.74, 6) is -2.00. The minimum absolute atomic E-state index is 0.0841. The third-order valence-electron chi connectivity index (χ3n) is 6.29. The van der Waals surface area contributed by atoms with Gasteiger partial charge in [-0.15, -0.1) is 0 Å². The number of unbranched alkanes of at least 4 members (excludes halogenated alkanes) is 2. The fourth-order valence-electron chi connectivity index (χ4n) is 3.89. The van der Waals surface area contributed by atoms with E-state index in [0.29, 0.717) is 37.1 Å². The summed E-state index contributed by atoms with van der Waals surface area (Å²) in [7, 11) is 1.46. The average Bonchev–Trinajstić information content (AvgIpc) is 3.16. The number of hydrogen-bond donors (Lipinski definition) is 4. The van der Waals surface area contributed by atoms with Gasteiger partial charge >= 0.3 is 6.09 Å². The molecule has 1 aliphatic rings. The molecule has 0 aliphatic carbocycles. The quantitative estimate of drug-likeness (QED) is 0.201. The Morgan fingerprint density at radius 3 is 2.17 bits per heavy atom.